The summed E-state index contributed by atoms with van der Waals surface area (Å²) in [7, 11) is 3.43. The van der Waals surface area contributed by atoms with Crippen molar-refractivity contribution in [3.05, 3.63) is 46.4 Å². The molecule has 3 aliphatic heterocycles. The summed E-state index contributed by atoms with van der Waals surface area (Å²) in [6, 6.07) is 4.19. The first-order valence-corrected chi connectivity index (χ1v) is 11.3. The van der Waals surface area contributed by atoms with E-state index < -0.39 is 5.82 Å². The van der Waals surface area contributed by atoms with Crippen LogP contribution < -0.4 is 5.32 Å². The molecule has 0 aromatic heterocycles. The lowest BCUT2D eigenvalue weighted by atomic mass is 9.93. The number of carbonyl (C=O) groups excluding carboxylic acids is 3. The van der Waals surface area contributed by atoms with E-state index in [1.807, 2.05) is 4.90 Å². The molecule has 1 N–H and O–H groups in total. The maximum Gasteiger partial charge on any atom is 0.292 e. The van der Waals surface area contributed by atoms with Crippen molar-refractivity contribution < 1.29 is 18.8 Å². The Morgan fingerprint density at radius 1 is 1.21 bits per heavy atom. The van der Waals surface area contributed by atoms with Gasteiger partial charge in [-0.15, -0.1) is 5.11 Å². The minimum Gasteiger partial charge on any atom is -0.386 e. The highest BCUT2D eigenvalue weighted by molar-refractivity contribution is 5.96. The number of azo groups is 1. The Balaban J connectivity index is 1.43. The van der Waals surface area contributed by atoms with Crippen LogP contribution in [0.4, 0.5) is 4.39 Å². The number of nitrogens with zero attached hydrogens (tertiary/aromatic N) is 5. The van der Waals surface area contributed by atoms with Crippen LogP contribution in [-0.4, -0.2) is 91.8 Å². The molecule has 1 atom stereocenters. The molecule has 1 aromatic rings. The maximum absolute atomic E-state index is 14.6. The van der Waals surface area contributed by atoms with Crippen molar-refractivity contribution in [1.82, 2.24) is 20.0 Å². The van der Waals surface area contributed by atoms with Crippen molar-refractivity contribution in [1.29, 1.82) is 0 Å². The molecule has 1 fully saturated rings. The summed E-state index contributed by atoms with van der Waals surface area (Å²) in [5.41, 5.74) is 2.25. The monoisotopic (exact) mass is 456 g/mol. The van der Waals surface area contributed by atoms with Crippen LogP contribution in [-0.2, 0) is 16.0 Å². The first-order chi connectivity index (χ1) is 15.8. The van der Waals surface area contributed by atoms with Gasteiger partial charge in [0, 0.05) is 64.5 Å². The standard InChI is InChI=1S/C23H29FN6O3/c1-28(2)20(31)14-29-8-10-30(11-9-29)23(33)17-12-15(5-6-18(17)24)13-19-21-16(4-3-7-25-21)22(32)27-26-19/h5-6,12,19,25H,3-4,7-11,13-14H2,1-2H3. The Hall–Kier alpha value is -3.14. The summed E-state index contributed by atoms with van der Waals surface area (Å²) >= 11 is 0. The largest absolute Gasteiger partial charge is 0.386 e. The fourth-order valence-corrected chi connectivity index (χ4v) is 4.35. The molecule has 0 saturated carbocycles. The van der Waals surface area contributed by atoms with E-state index >= 15 is 0 Å². The quantitative estimate of drug-likeness (QED) is 0.719. The second-order valence-corrected chi connectivity index (χ2v) is 8.83. The third kappa shape index (κ3) is 5.11. The van der Waals surface area contributed by atoms with Crippen LogP contribution in [0.25, 0.3) is 0 Å². The Morgan fingerprint density at radius 3 is 2.70 bits per heavy atom. The van der Waals surface area contributed by atoms with E-state index in [0.717, 1.165) is 24.2 Å². The second kappa shape index (κ2) is 9.78. The van der Waals surface area contributed by atoms with E-state index in [1.54, 1.807) is 36.0 Å². The van der Waals surface area contributed by atoms with Gasteiger partial charge in [0.25, 0.3) is 11.8 Å². The molecular formula is C23H29FN6O3. The van der Waals surface area contributed by atoms with E-state index in [0.29, 0.717) is 51.1 Å². The van der Waals surface area contributed by atoms with Crippen molar-refractivity contribution in [3.63, 3.8) is 0 Å². The summed E-state index contributed by atoms with van der Waals surface area (Å²) in [6.07, 6.45) is 1.97. The summed E-state index contributed by atoms with van der Waals surface area (Å²) in [5, 5.41) is 11.2. The van der Waals surface area contributed by atoms with Crippen LogP contribution in [0.5, 0.6) is 0 Å². The number of piperazine rings is 1. The second-order valence-electron chi connectivity index (χ2n) is 8.83. The van der Waals surface area contributed by atoms with Crippen molar-refractivity contribution in [2.24, 2.45) is 10.2 Å². The van der Waals surface area contributed by atoms with Gasteiger partial charge < -0.3 is 15.1 Å². The molecule has 3 amide bonds. The highest BCUT2D eigenvalue weighted by atomic mass is 19.1. The number of nitrogens with one attached hydrogen (secondary N) is 1. The van der Waals surface area contributed by atoms with Crippen LogP contribution >= 0.6 is 0 Å². The fraction of sp³-hybridized carbons (Fsp3) is 0.522. The van der Waals surface area contributed by atoms with Crippen molar-refractivity contribution in [3.8, 4) is 0 Å². The molecule has 4 rings (SSSR count). The van der Waals surface area contributed by atoms with Gasteiger partial charge in [0.2, 0.25) is 5.91 Å². The first kappa shape index (κ1) is 23.0. The molecule has 0 aliphatic carbocycles. The van der Waals surface area contributed by atoms with E-state index in [1.165, 1.54) is 6.07 Å². The number of likely N-dealkylation sites (N-methyl/N-ethyl adjacent to an activating group) is 1. The molecule has 176 valence electrons. The molecule has 10 heteroatoms. The summed E-state index contributed by atoms with van der Waals surface area (Å²) < 4.78 is 14.6. The number of hydrogen-bond donors (Lipinski definition) is 1. The average Bonchev–Trinajstić information content (AvgIpc) is 2.82. The topological polar surface area (TPSA) is 97.7 Å². The number of amides is 3. The Morgan fingerprint density at radius 2 is 1.97 bits per heavy atom. The number of benzene rings is 1. The normalized spacial score (nSPS) is 21.0. The molecule has 9 nitrogen and oxygen atoms in total. The smallest absolute Gasteiger partial charge is 0.292 e. The van der Waals surface area contributed by atoms with Crippen molar-refractivity contribution in [2.45, 2.75) is 25.3 Å². The van der Waals surface area contributed by atoms with Crippen LogP contribution in [0.15, 0.2) is 39.7 Å². The predicted octanol–water partition coefficient (Wildman–Crippen LogP) is 1.21. The number of rotatable bonds is 5. The maximum atomic E-state index is 14.6. The van der Waals surface area contributed by atoms with Gasteiger partial charge in [-0.1, -0.05) is 6.07 Å². The number of carbonyl (C=O) groups is 3. The lowest BCUT2D eigenvalue weighted by molar-refractivity contribution is -0.130. The zero-order chi connectivity index (χ0) is 23.5. The molecule has 0 spiro atoms. The SMILES string of the molecule is CN(C)C(=O)CN1CCN(C(=O)c2cc(CC3N=NC(=O)C4=C3NCCC4)ccc2F)CC1. The van der Waals surface area contributed by atoms with Crippen molar-refractivity contribution in [2.75, 3.05) is 53.4 Å². The average molecular weight is 457 g/mol. The van der Waals surface area contributed by atoms with Gasteiger partial charge in [0.1, 0.15) is 11.9 Å². The van der Waals surface area contributed by atoms with E-state index in [4.69, 9.17) is 0 Å². The minimum atomic E-state index is -0.565. The van der Waals surface area contributed by atoms with Gasteiger partial charge in [-0.2, -0.15) is 5.11 Å². The summed E-state index contributed by atoms with van der Waals surface area (Å²) in [5.74, 6) is -1.20. The number of hydrogen-bond acceptors (Lipinski definition) is 6. The molecular weight excluding hydrogens is 427 g/mol. The number of halogens is 1. The molecule has 0 bridgehead atoms. The van der Waals surface area contributed by atoms with Gasteiger partial charge in [0.05, 0.1) is 12.1 Å². The van der Waals surface area contributed by atoms with Crippen molar-refractivity contribution >= 4 is 17.7 Å². The van der Waals surface area contributed by atoms with Gasteiger partial charge in [-0.05, 0) is 30.5 Å². The van der Waals surface area contributed by atoms with E-state index in [9.17, 15) is 18.8 Å². The third-order valence-corrected chi connectivity index (χ3v) is 6.33. The zero-order valence-electron chi connectivity index (χ0n) is 19.0. The van der Waals surface area contributed by atoms with E-state index in [-0.39, 0.29) is 29.3 Å². The Kier molecular flexibility index (Phi) is 6.83. The zero-order valence-corrected chi connectivity index (χ0v) is 19.0. The molecule has 33 heavy (non-hydrogen) atoms. The van der Waals surface area contributed by atoms with Gasteiger partial charge in [-0.25, -0.2) is 4.39 Å². The molecule has 3 heterocycles. The van der Waals surface area contributed by atoms with E-state index in [2.05, 4.69) is 15.5 Å². The first-order valence-electron chi connectivity index (χ1n) is 11.3. The molecule has 0 radical (unpaired) electrons. The third-order valence-electron chi connectivity index (χ3n) is 6.33. The fourth-order valence-electron chi connectivity index (χ4n) is 4.35. The van der Waals surface area contributed by atoms with Gasteiger partial charge in [0.15, 0.2) is 0 Å². The van der Waals surface area contributed by atoms with Crippen LogP contribution in [0.3, 0.4) is 0 Å². The predicted molar refractivity (Wildman–Crippen MR) is 119 cm³/mol. The van der Waals surface area contributed by atoms with Gasteiger partial charge in [-0.3, -0.25) is 19.3 Å². The summed E-state index contributed by atoms with van der Waals surface area (Å²) in [6.45, 7) is 3.07. The highest BCUT2D eigenvalue weighted by Gasteiger charge is 2.30. The van der Waals surface area contributed by atoms with Gasteiger partial charge >= 0.3 is 0 Å². The van der Waals surface area contributed by atoms with Crippen LogP contribution in [0.1, 0.15) is 28.8 Å². The Labute approximate surface area is 192 Å². The molecule has 3 aliphatic rings. The minimum absolute atomic E-state index is 0.0146. The molecule has 1 aromatic carbocycles. The Bertz CT molecular complexity index is 1010. The molecule has 1 saturated heterocycles. The summed E-state index contributed by atoms with van der Waals surface area (Å²) in [4.78, 5) is 42.2. The van der Waals surface area contributed by atoms with Crippen LogP contribution in [0, 0.1) is 5.82 Å². The lowest BCUT2D eigenvalue weighted by Gasteiger charge is -2.34. The molecule has 1 unspecified atom stereocenters. The highest BCUT2D eigenvalue weighted by Crippen LogP contribution is 2.27. The van der Waals surface area contributed by atoms with Crippen LogP contribution in [0.2, 0.25) is 0 Å². The lowest BCUT2D eigenvalue weighted by Crippen LogP contribution is -2.51.